The lowest BCUT2D eigenvalue weighted by atomic mass is 9.93. The van der Waals surface area contributed by atoms with Gasteiger partial charge in [0.2, 0.25) is 5.91 Å². The minimum absolute atomic E-state index is 0.0571. The summed E-state index contributed by atoms with van der Waals surface area (Å²) in [6, 6.07) is 0.198. The number of aliphatic hydroxyl groups is 1. The first kappa shape index (κ1) is 10.5. The van der Waals surface area contributed by atoms with Gasteiger partial charge in [-0.2, -0.15) is 0 Å². The van der Waals surface area contributed by atoms with Gasteiger partial charge in [0, 0.05) is 19.1 Å². The largest absolute Gasteiger partial charge is 0.387 e. The van der Waals surface area contributed by atoms with Crippen LogP contribution in [0, 0.1) is 0 Å². The lowest BCUT2D eigenvalue weighted by Gasteiger charge is -2.37. The monoisotopic (exact) mass is 186 g/mol. The Labute approximate surface area is 78.7 Å². The number of rotatable bonds is 4. The number of hydrogen-bond acceptors (Lipinski definition) is 3. The Hall–Kier alpha value is -0.610. The fraction of sp³-hybridized carbons (Fsp3) is 0.889. The van der Waals surface area contributed by atoms with Gasteiger partial charge >= 0.3 is 0 Å². The van der Waals surface area contributed by atoms with Crippen molar-refractivity contribution >= 4 is 5.91 Å². The van der Waals surface area contributed by atoms with Crippen LogP contribution in [-0.2, 0) is 4.79 Å². The summed E-state index contributed by atoms with van der Waals surface area (Å²) in [5.74, 6) is -0.0571. The number of carbonyl (C=O) groups excluding carboxylic acids is 1. The van der Waals surface area contributed by atoms with Gasteiger partial charge in [-0.1, -0.05) is 6.92 Å². The van der Waals surface area contributed by atoms with E-state index in [0.717, 1.165) is 6.42 Å². The second kappa shape index (κ2) is 4.07. The van der Waals surface area contributed by atoms with Crippen molar-refractivity contribution in [1.29, 1.82) is 0 Å². The molecule has 0 saturated carbocycles. The second-order valence-electron chi connectivity index (χ2n) is 3.88. The quantitative estimate of drug-likeness (QED) is 0.561. The molecule has 4 heteroatoms. The zero-order chi connectivity index (χ0) is 9.90. The molecule has 1 atom stereocenters. The van der Waals surface area contributed by atoms with Gasteiger partial charge in [0.25, 0.3) is 0 Å². The Morgan fingerprint density at radius 1 is 1.69 bits per heavy atom. The van der Waals surface area contributed by atoms with E-state index in [4.69, 9.17) is 0 Å². The molecule has 3 N–H and O–H groups in total. The normalized spacial score (nSPS) is 21.8. The summed E-state index contributed by atoms with van der Waals surface area (Å²) >= 11 is 0. The van der Waals surface area contributed by atoms with E-state index in [1.54, 1.807) is 0 Å². The molecule has 13 heavy (non-hydrogen) atoms. The van der Waals surface area contributed by atoms with E-state index in [9.17, 15) is 9.90 Å². The van der Waals surface area contributed by atoms with Crippen molar-refractivity contribution in [3.8, 4) is 0 Å². The van der Waals surface area contributed by atoms with Gasteiger partial charge in [-0.05, 0) is 13.3 Å². The average Bonchev–Trinajstić information content (AvgIpc) is 2.01. The second-order valence-corrected chi connectivity index (χ2v) is 3.88. The third-order valence-corrected chi connectivity index (χ3v) is 2.42. The van der Waals surface area contributed by atoms with Gasteiger partial charge in [-0.3, -0.25) is 4.79 Å². The molecule has 1 aliphatic rings. The molecule has 1 saturated heterocycles. The van der Waals surface area contributed by atoms with Crippen LogP contribution in [0.2, 0.25) is 0 Å². The highest BCUT2D eigenvalue weighted by atomic mass is 16.3. The van der Waals surface area contributed by atoms with E-state index in [0.29, 0.717) is 13.1 Å². The molecule has 1 fully saturated rings. The molecule has 76 valence electrons. The molecule has 1 heterocycles. The topological polar surface area (TPSA) is 61.4 Å². The van der Waals surface area contributed by atoms with Crippen molar-refractivity contribution in [3.63, 3.8) is 0 Å². The molecular formula is C9H18N2O2. The first-order valence-electron chi connectivity index (χ1n) is 4.78. The number of carbonyl (C=O) groups is 1. The van der Waals surface area contributed by atoms with Crippen LogP contribution in [0.15, 0.2) is 0 Å². The highest BCUT2D eigenvalue weighted by molar-refractivity contribution is 5.77. The Bertz CT molecular complexity index is 190. The van der Waals surface area contributed by atoms with Gasteiger partial charge in [-0.25, -0.2) is 0 Å². The summed E-state index contributed by atoms with van der Waals surface area (Å²) in [5, 5.41) is 15.4. The van der Waals surface area contributed by atoms with Crippen molar-refractivity contribution in [2.75, 3.05) is 13.1 Å². The van der Waals surface area contributed by atoms with Gasteiger partial charge < -0.3 is 15.7 Å². The van der Waals surface area contributed by atoms with Crippen molar-refractivity contribution < 1.29 is 9.90 Å². The summed E-state index contributed by atoms with van der Waals surface area (Å²) in [4.78, 5) is 11.3. The third kappa shape index (κ3) is 2.97. The molecule has 1 amide bonds. The van der Waals surface area contributed by atoms with E-state index in [1.165, 1.54) is 0 Å². The smallest absolute Gasteiger partial charge is 0.223 e. The van der Waals surface area contributed by atoms with E-state index < -0.39 is 5.60 Å². The molecule has 0 bridgehead atoms. The summed E-state index contributed by atoms with van der Waals surface area (Å²) in [6.45, 7) is 5.04. The minimum Gasteiger partial charge on any atom is -0.387 e. The van der Waals surface area contributed by atoms with Crippen LogP contribution in [0.1, 0.15) is 26.7 Å². The van der Waals surface area contributed by atoms with Crippen LogP contribution < -0.4 is 10.6 Å². The molecule has 0 spiro atoms. The predicted molar refractivity (Wildman–Crippen MR) is 50.3 cm³/mol. The van der Waals surface area contributed by atoms with E-state index in [2.05, 4.69) is 10.6 Å². The molecule has 1 aliphatic heterocycles. The van der Waals surface area contributed by atoms with Gasteiger partial charge in [-0.15, -0.1) is 0 Å². The Morgan fingerprint density at radius 3 is 2.69 bits per heavy atom. The van der Waals surface area contributed by atoms with Crippen molar-refractivity contribution in [2.45, 2.75) is 38.3 Å². The van der Waals surface area contributed by atoms with Gasteiger partial charge in [0.1, 0.15) is 0 Å². The first-order chi connectivity index (χ1) is 6.06. The first-order valence-corrected chi connectivity index (χ1v) is 4.78. The molecule has 4 nitrogen and oxygen atoms in total. The van der Waals surface area contributed by atoms with Crippen molar-refractivity contribution in [3.05, 3.63) is 0 Å². The Balaban J connectivity index is 2.24. The highest BCUT2D eigenvalue weighted by Gasteiger charge is 2.36. The zero-order valence-electron chi connectivity index (χ0n) is 8.26. The predicted octanol–water partition coefficient (Wildman–Crippen LogP) is -0.374. The number of nitrogens with one attached hydrogen (secondary N) is 2. The van der Waals surface area contributed by atoms with Gasteiger partial charge in [0.15, 0.2) is 0 Å². The Kier molecular flexibility index (Phi) is 3.27. The molecule has 0 radical (unpaired) electrons. The van der Waals surface area contributed by atoms with Crippen molar-refractivity contribution in [1.82, 2.24) is 10.6 Å². The van der Waals surface area contributed by atoms with E-state index >= 15 is 0 Å². The third-order valence-electron chi connectivity index (χ3n) is 2.42. The molecule has 0 aliphatic carbocycles. The maximum Gasteiger partial charge on any atom is 0.223 e. The van der Waals surface area contributed by atoms with Crippen molar-refractivity contribution in [2.24, 2.45) is 0 Å². The minimum atomic E-state index is -0.794. The highest BCUT2D eigenvalue weighted by Crippen LogP contribution is 2.14. The molecule has 1 rings (SSSR count). The SMILES string of the molecule is CCC(C)NC(=O)CC1(O)CNC1. The summed E-state index contributed by atoms with van der Waals surface area (Å²) in [5.41, 5.74) is -0.794. The molecule has 0 aromatic rings. The lowest BCUT2D eigenvalue weighted by Crippen LogP contribution is -2.61. The molecule has 0 aromatic heterocycles. The summed E-state index contributed by atoms with van der Waals surface area (Å²) in [7, 11) is 0. The fourth-order valence-electron chi connectivity index (χ4n) is 1.27. The number of hydrogen-bond donors (Lipinski definition) is 3. The van der Waals surface area contributed by atoms with E-state index in [1.807, 2.05) is 13.8 Å². The molecule has 0 aromatic carbocycles. The standard InChI is InChI=1S/C9H18N2O2/c1-3-7(2)11-8(12)4-9(13)5-10-6-9/h7,10,13H,3-6H2,1-2H3,(H,11,12). The lowest BCUT2D eigenvalue weighted by molar-refractivity contribution is -0.128. The number of β-amino-alcohol motifs (C(OH)–C–C–N with tert-alkyl or cyclic N) is 1. The maximum atomic E-state index is 11.3. The molecular weight excluding hydrogens is 168 g/mol. The zero-order valence-corrected chi connectivity index (χ0v) is 8.26. The van der Waals surface area contributed by atoms with Crippen LogP contribution in [-0.4, -0.2) is 35.7 Å². The van der Waals surface area contributed by atoms with Crippen LogP contribution in [0.5, 0.6) is 0 Å². The fourth-order valence-corrected chi connectivity index (χ4v) is 1.27. The summed E-state index contributed by atoms with van der Waals surface area (Å²) < 4.78 is 0. The maximum absolute atomic E-state index is 11.3. The average molecular weight is 186 g/mol. The van der Waals surface area contributed by atoms with Crippen LogP contribution >= 0.6 is 0 Å². The number of amides is 1. The van der Waals surface area contributed by atoms with E-state index in [-0.39, 0.29) is 18.4 Å². The van der Waals surface area contributed by atoms with Gasteiger partial charge in [0.05, 0.1) is 12.0 Å². The molecule has 1 unspecified atom stereocenters. The summed E-state index contributed by atoms with van der Waals surface area (Å²) in [6.07, 6.45) is 1.13. The Morgan fingerprint density at radius 2 is 2.31 bits per heavy atom. The van der Waals surface area contributed by atoms with Crippen LogP contribution in [0.25, 0.3) is 0 Å². The van der Waals surface area contributed by atoms with Crippen LogP contribution in [0.4, 0.5) is 0 Å². The van der Waals surface area contributed by atoms with Crippen LogP contribution in [0.3, 0.4) is 0 Å².